The van der Waals surface area contributed by atoms with E-state index in [-0.39, 0.29) is 23.2 Å². The monoisotopic (exact) mass is 433 g/mol. The van der Waals surface area contributed by atoms with Crippen LogP contribution in [0.2, 0.25) is 0 Å². The molecular formula is C24H24FN5O2. The van der Waals surface area contributed by atoms with Gasteiger partial charge in [-0.05, 0) is 29.7 Å². The average Bonchev–Trinajstić information content (AvgIpc) is 3.22. The summed E-state index contributed by atoms with van der Waals surface area (Å²) < 4.78 is 16.2. The zero-order valence-corrected chi connectivity index (χ0v) is 17.7. The summed E-state index contributed by atoms with van der Waals surface area (Å²) in [7, 11) is 0. The Bertz CT molecular complexity index is 1270. The quantitative estimate of drug-likeness (QED) is 0.463. The van der Waals surface area contributed by atoms with Gasteiger partial charge in [0.25, 0.3) is 5.56 Å². The van der Waals surface area contributed by atoms with Crippen LogP contribution in [0, 0.1) is 5.82 Å². The molecule has 1 N–H and O–H groups in total. The van der Waals surface area contributed by atoms with E-state index in [2.05, 4.69) is 15.4 Å². The molecule has 2 aromatic heterocycles. The van der Waals surface area contributed by atoms with E-state index in [0.29, 0.717) is 37.1 Å². The van der Waals surface area contributed by atoms with Crippen LogP contribution in [0.4, 0.5) is 4.39 Å². The van der Waals surface area contributed by atoms with E-state index < -0.39 is 0 Å². The highest BCUT2D eigenvalue weighted by Crippen LogP contribution is 2.19. The Balaban J connectivity index is 1.43. The van der Waals surface area contributed by atoms with Crippen molar-refractivity contribution >= 4 is 16.9 Å². The van der Waals surface area contributed by atoms with Crippen LogP contribution in [0.3, 0.4) is 0 Å². The molecule has 0 radical (unpaired) electrons. The minimum absolute atomic E-state index is 0.0372. The predicted octanol–water partition coefficient (Wildman–Crippen LogP) is 3.09. The zero-order valence-electron chi connectivity index (χ0n) is 17.7. The molecule has 32 heavy (non-hydrogen) atoms. The summed E-state index contributed by atoms with van der Waals surface area (Å²) in [6.07, 6.45) is 3.66. The molecule has 0 saturated heterocycles. The number of hydrogen-bond donors (Lipinski definition) is 1. The highest BCUT2D eigenvalue weighted by molar-refractivity contribution is 5.83. The lowest BCUT2D eigenvalue weighted by atomic mass is 9.96. The van der Waals surface area contributed by atoms with Crippen LogP contribution in [0.25, 0.3) is 11.0 Å². The molecule has 8 heteroatoms. The predicted molar refractivity (Wildman–Crippen MR) is 120 cm³/mol. The van der Waals surface area contributed by atoms with Crippen molar-refractivity contribution in [1.82, 2.24) is 24.6 Å². The first kappa shape index (κ1) is 21.4. The number of carbonyl (C=O) groups is 1. The fraction of sp³-hybridized carbons (Fsp3) is 0.250. The summed E-state index contributed by atoms with van der Waals surface area (Å²) in [6.45, 7) is 3.05. The van der Waals surface area contributed by atoms with Gasteiger partial charge in [-0.2, -0.15) is 5.10 Å². The van der Waals surface area contributed by atoms with E-state index in [0.717, 1.165) is 11.1 Å². The molecule has 2 aromatic carbocycles. The van der Waals surface area contributed by atoms with Crippen molar-refractivity contribution in [3.63, 3.8) is 0 Å². The van der Waals surface area contributed by atoms with Crippen molar-refractivity contribution in [3.05, 3.63) is 94.4 Å². The minimum atomic E-state index is -0.322. The number of hydrogen-bond acceptors (Lipinski definition) is 4. The van der Waals surface area contributed by atoms with Crippen molar-refractivity contribution < 1.29 is 9.18 Å². The van der Waals surface area contributed by atoms with Crippen LogP contribution in [0.1, 0.15) is 30.4 Å². The lowest BCUT2D eigenvalue weighted by Crippen LogP contribution is -2.32. The third-order valence-corrected chi connectivity index (χ3v) is 5.44. The highest BCUT2D eigenvalue weighted by Gasteiger charge is 2.18. The molecule has 0 bridgehead atoms. The molecule has 0 spiro atoms. The third-order valence-electron chi connectivity index (χ3n) is 5.44. The molecule has 1 amide bonds. The molecule has 1 unspecified atom stereocenters. The molecule has 0 aliphatic carbocycles. The number of fused-ring (bicyclic) bond motifs is 1. The van der Waals surface area contributed by atoms with Gasteiger partial charge < -0.3 is 5.32 Å². The first-order chi connectivity index (χ1) is 15.6. The molecule has 4 rings (SSSR count). The van der Waals surface area contributed by atoms with E-state index in [1.54, 1.807) is 16.8 Å². The van der Waals surface area contributed by atoms with Crippen LogP contribution >= 0.6 is 0 Å². The van der Waals surface area contributed by atoms with Gasteiger partial charge in [0, 0.05) is 6.54 Å². The van der Waals surface area contributed by atoms with E-state index in [1.807, 2.05) is 37.3 Å². The summed E-state index contributed by atoms with van der Waals surface area (Å²) >= 11 is 0. The number of benzene rings is 2. The summed E-state index contributed by atoms with van der Waals surface area (Å²) in [6, 6.07) is 15.7. The summed E-state index contributed by atoms with van der Waals surface area (Å²) in [5.41, 5.74) is 2.04. The lowest BCUT2D eigenvalue weighted by Gasteiger charge is -2.15. The maximum absolute atomic E-state index is 13.1. The number of amides is 1. The third kappa shape index (κ3) is 4.59. The Morgan fingerprint density at radius 3 is 2.59 bits per heavy atom. The van der Waals surface area contributed by atoms with E-state index in [4.69, 9.17) is 0 Å². The number of nitrogens with zero attached hydrogens (tertiary/aromatic N) is 4. The Kier molecular flexibility index (Phi) is 6.39. The molecule has 4 aromatic rings. The molecule has 0 fully saturated rings. The van der Waals surface area contributed by atoms with Crippen LogP contribution in [-0.2, 0) is 17.9 Å². The number of nitrogens with one attached hydrogen (secondary N) is 1. The van der Waals surface area contributed by atoms with E-state index >= 15 is 0 Å². The molecule has 7 nitrogen and oxygen atoms in total. The fourth-order valence-electron chi connectivity index (χ4n) is 3.73. The van der Waals surface area contributed by atoms with Gasteiger partial charge in [0.2, 0.25) is 5.91 Å². The molecule has 0 aliphatic heterocycles. The van der Waals surface area contributed by atoms with Gasteiger partial charge in [0.05, 0.1) is 25.2 Å². The number of carbonyl (C=O) groups excluding carboxylic acids is 1. The van der Waals surface area contributed by atoms with Crippen molar-refractivity contribution in [2.24, 2.45) is 0 Å². The second kappa shape index (κ2) is 9.55. The minimum Gasteiger partial charge on any atom is -0.354 e. The van der Waals surface area contributed by atoms with E-state index in [9.17, 15) is 14.0 Å². The van der Waals surface area contributed by atoms with Gasteiger partial charge in [-0.15, -0.1) is 0 Å². The van der Waals surface area contributed by atoms with Gasteiger partial charge in [0.1, 0.15) is 17.5 Å². The van der Waals surface area contributed by atoms with E-state index in [1.165, 1.54) is 29.2 Å². The van der Waals surface area contributed by atoms with Crippen molar-refractivity contribution in [3.8, 4) is 0 Å². The number of halogens is 1. The maximum Gasteiger partial charge on any atom is 0.264 e. The van der Waals surface area contributed by atoms with Gasteiger partial charge >= 0.3 is 0 Å². The van der Waals surface area contributed by atoms with Crippen LogP contribution in [-0.4, -0.2) is 31.8 Å². The lowest BCUT2D eigenvalue weighted by molar-refractivity contribution is -0.122. The SMILES string of the molecule is CCC(C(=O)NCCn1ncc2c(=O)n(Cc3ccc(F)cc3)cnc21)c1ccccc1. The van der Waals surface area contributed by atoms with Gasteiger partial charge in [-0.3, -0.25) is 14.2 Å². The van der Waals surface area contributed by atoms with Crippen molar-refractivity contribution in [2.45, 2.75) is 32.4 Å². The second-order valence-corrected chi connectivity index (χ2v) is 7.57. The van der Waals surface area contributed by atoms with Crippen LogP contribution < -0.4 is 10.9 Å². The normalized spacial score (nSPS) is 12.1. The highest BCUT2D eigenvalue weighted by atomic mass is 19.1. The fourth-order valence-corrected chi connectivity index (χ4v) is 3.73. The molecule has 0 saturated carbocycles. The molecule has 1 atom stereocenters. The molecular weight excluding hydrogens is 409 g/mol. The zero-order chi connectivity index (χ0) is 22.5. The molecule has 0 aliphatic rings. The second-order valence-electron chi connectivity index (χ2n) is 7.57. The number of rotatable bonds is 8. The van der Waals surface area contributed by atoms with Crippen LogP contribution in [0.15, 0.2) is 71.9 Å². The average molecular weight is 433 g/mol. The largest absolute Gasteiger partial charge is 0.354 e. The standard InChI is InChI=1S/C24H24FN5O2/c1-2-20(18-6-4-3-5-7-18)23(31)26-12-13-30-22-21(14-28-30)24(32)29(16-27-22)15-17-8-10-19(25)11-9-17/h3-11,14,16,20H,2,12-13,15H2,1H3,(H,26,31). The first-order valence-electron chi connectivity index (χ1n) is 10.5. The summed E-state index contributed by atoms with van der Waals surface area (Å²) in [5, 5.41) is 7.63. The van der Waals surface area contributed by atoms with Gasteiger partial charge in [-0.25, -0.2) is 14.1 Å². The summed E-state index contributed by atoms with van der Waals surface area (Å²) in [5.74, 6) is -0.566. The Morgan fingerprint density at radius 2 is 1.88 bits per heavy atom. The van der Waals surface area contributed by atoms with Crippen LogP contribution in [0.5, 0.6) is 0 Å². The Morgan fingerprint density at radius 1 is 1.12 bits per heavy atom. The van der Waals surface area contributed by atoms with Gasteiger partial charge in [-0.1, -0.05) is 49.4 Å². The molecule has 164 valence electrons. The number of aromatic nitrogens is 4. The topological polar surface area (TPSA) is 81.8 Å². The first-order valence-corrected chi connectivity index (χ1v) is 10.5. The van der Waals surface area contributed by atoms with Crippen molar-refractivity contribution in [1.29, 1.82) is 0 Å². The maximum atomic E-state index is 13.1. The smallest absolute Gasteiger partial charge is 0.264 e. The Labute approximate surface area is 184 Å². The summed E-state index contributed by atoms with van der Waals surface area (Å²) in [4.78, 5) is 29.8. The van der Waals surface area contributed by atoms with Gasteiger partial charge in [0.15, 0.2) is 5.65 Å². The Hall–Kier alpha value is -3.81. The van der Waals surface area contributed by atoms with Crippen molar-refractivity contribution in [2.75, 3.05) is 6.54 Å². The molecule has 2 heterocycles.